The Morgan fingerprint density at radius 2 is 2.05 bits per heavy atom. The SMILES string of the molecule is Cc1cc(N)cc(C(=O)N(C)C2CCCCC2O)c1F. The summed E-state index contributed by atoms with van der Waals surface area (Å²) in [5.41, 5.74) is 6.38. The molecule has 1 saturated carbocycles. The van der Waals surface area contributed by atoms with Gasteiger partial charge in [0.05, 0.1) is 17.7 Å². The quantitative estimate of drug-likeness (QED) is 0.815. The summed E-state index contributed by atoms with van der Waals surface area (Å²) in [5, 5.41) is 10.0. The van der Waals surface area contributed by atoms with Gasteiger partial charge in [-0.25, -0.2) is 4.39 Å². The van der Waals surface area contributed by atoms with Crippen molar-refractivity contribution >= 4 is 11.6 Å². The number of nitrogens with two attached hydrogens (primary N) is 1. The predicted molar refractivity (Wildman–Crippen MR) is 75.9 cm³/mol. The summed E-state index contributed by atoms with van der Waals surface area (Å²) in [6.07, 6.45) is 2.82. The van der Waals surface area contributed by atoms with Gasteiger partial charge in [0.15, 0.2) is 0 Å². The number of nitrogens with zero attached hydrogens (tertiary/aromatic N) is 1. The van der Waals surface area contributed by atoms with Crippen molar-refractivity contribution in [1.82, 2.24) is 4.90 Å². The lowest BCUT2D eigenvalue weighted by Gasteiger charge is -2.35. The monoisotopic (exact) mass is 280 g/mol. The molecule has 0 radical (unpaired) electrons. The second-order valence-corrected chi connectivity index (χ2v) is 5.53. The molecular formula is C15H21FN2O2. The predicted octanol–water partition coefficient (Wildman–Crippen LogP) is 2.09. The van der Waals surface area contributed by atoms with Crippen molar-refractivity contribution in [3.05, 3.63) is 29.1 Å². The number of carbonyl (C=O) groups excluding carboxylic acids is 1. The molecule has 0 aliphatic heterocycles. The van der Waals surface area contributed by atoms with E-state index in [2.05, 4.69) is 0 Å². The van der Waals surface area contributed by atoms with E-state index in [0.29, 0.717) is 17.7 Å². The van der Waals surface area contributed by atoms with E-state index in [1.165, 1.54) is 17.0 Å². The summed E-state index contributed by atoms with van der Waals surface area (Å²) in [7, 11) is 1.61. The van der Waals surface area contributed by atoms with Crippen LogP contribution in [-0.2, 0) is 0 Å². The third-order valence-electron chi connectivity index (χ3n) is 4.02. The van der Waals surface area contributed by atoms with E-state index in [4.69, 9.17) is 5.73 Å². The highest BCUT2D eigenvalue weighted by Gasteiger charge is 2.31. The minimum absolute atomic E-state index is 0.0252. The third-order valence-corrected chi connectivity index (χ3v) is 4.02. The Balaban J connectivity index is 2.26. The summed E-state index contributed by atoms with van der Waals surface area (Å²) in [5.74, 6) is -0.967. The van der Waals surface area contributed by atoms with E-state index in [-0.39, 0.29) is 11.6 Å². The van der Waals surface area contributed by atoms with Crippen LogP contribution in [-0.4, -0.2) is 35.1 Å². The van der Waals surface area contributed by atoms with Gasteiger partial charge >= 0.3 is 0 Å². The molecule has 2 atom stereocenters. The van der Waals surface area contributed by atoms with E-state index in [0.717, 1.165) is 19.3 Å². The third kappa shape index (κ3) is 2.77. The Morgan fingerprint density at radius 1 is 1.40 bits per heavy atom. The van der Waals surface area contributed by atoms with Crippen molar-refractivity contribution < 1.29 is 14.3 Å². The molecule has 4 nitrogen and oxygen atoms in total. The highest BCUT2D eigenvalue weighted by atomic mass is 19.1. The lowest BCUT2D eigenvalue weighted by molar-refractivity contribution is 0.0265. The number of anilines is 1. The van der Waals surface area contributed by atoms with Crippen molar-refractivity contribution in [3.8, 4) is 0 Å². The van der Waals surface area contributed by atoms with Gasteiger partial charge in [0, 0.05) is 12.7 Å². The van der Waals surface area contributed by atoms with Crippen LogP contribution in [0, 0.1) is 12.7 Å². The number of amides is 1. The molecule has 1 amide bonds. The highest BCUT2D eigenvalue weighted by Crippen LogP contribution is 2.25. The summed E-state index contributed by atoms with van der Waals surface area (Å²) in [6, 6.07) is 2.61. The maximum absolute atomic E-state index is 14.1. The summed E-state index contributed by atoms with van der Waals surface area (Å²) in [6.45, 7) is 1.58. The van der Waals surface area contributed by atoms with Gasteiger partial charge in [0.25, 0.3) is 5.91 Å². The number of rotatable bonds is 2. The number of aliphatic hydroxyl groups is 1. The zero-order valence-corrected chi connectivity index (χ0v) is 11.9. The van der Waals surface area contributed by atoms with Gasteiger partial charge in [-0.05, 0) is 37.5 Å². The molecule has 0 heterocycles. The fourth-order valence-corrected chi connectivity index (χ4v) is 2.84. The molecule has 1 fully saturated rings. The first-order valence-electron chi connectivity index (χ1n) is 6.92. The molecule has 2 unspecified atom stereocenters. The van der Waals surface area contributed by atoms with Crippen LogP contribution in [0.1, 0.15) is 41.6 Å². The maximum atomic E-state index is 14.1. The van der Waals surface area contributed by atoms with Crippen LogP contribution >= 0.6 is 0 Å². The van der Waals surface area contributed by atoms with E-state index < -0.39 is 17.8 Å². The molecule has 0 aromatic heterocycles. The number of halogens is 1. The zero-order valence-electron chi connectivity index (χ0n) is 11.9. The van der Waals surface area contributed by atoms with Crippen LogP contribution in [0.5, 0.6) is 0 Å². The van der Waals surface area contributed by atoms with Crippen molar-refractivity contribution in [2.45, 2.75) is 44.8 Å². The fraction of sp³-hybridized carbons (Fsp3) is 0.533. The average Bonchev–Trinajstić information content (AvgIpc) is 2.42. The first-order valence-corrected chi connectivity index (χ1v) is 6.92. The van der Waals surface area contributed by atoms with Crippen LogP contribution < -0.4 is 5.73 Å². The van der Waals surface area contributed by atoms with Crippen LogP contribution in [0.25, 0.3) is 0 Å². The van der Waals surface area contributed by atoms with E-state index in [1.54, 1.807) is 14.0 Å². The number of hydrogen-bond donors (Lipinski definition) is 2. The number of benzene rings is 1. The smallest absolute Gasteiger partial charge is 0.256 e. The second-order valence-electron chi connectivity index (χ2n) is 5.53. The topological polar surface area (TPSA) is 66.6 Å². The largest absolute Gasteiger partial charge is 0.399 e. The van der Waals surface area contributed by atoms with Crippen LogP contribution in [0.2, 0.25) is 0 Å². The Labute approximate surface area is 118 Å². The molecule has 0 bridgehead atoms. The first-order chi connectivity index (χ1) is 9.41. The van der Waals surface area contributed by atoms with Crippen molar-refractivity contribution in [2.75, 3.05) is 12.8 Å². The Kier molecular flexibility index (Phi) is 4.28. The molecule has 5 heteroatoms. The van der Waals surface area contributed by atoms with Gasteiger partial charge in [0.2, 0.25) is 0 Å². The number of nitrogen functional groups attached to an aromatic ring is 1. The number of aryl methyl sites for hydroxylation is 1. The zero-order chi connectivity index (χ0) is 14.9. The minimum Gasteiger partial charge on any atom is -0.399 e. The van der Waals surface area contributed by atoms with Crippen LogP contribution in [0.3, 0.4) is 0 Å². The maximum Gasteiger partial charge on any atom is 0.256 e. The fourth-order valence-electron chi connectivity index (χ4n) is 2.84. The lowest BCUT2D eigenvalue weighted by Crippen LogP contribution is -2.46. The summed E-state index contributed by atoms with van der Waals surface area (Å²) in [4.78, 5) is 13.9. The van der Waals surface area contributed by atoms with E-state index >= 15 is 0 Å². The normalized spacial score (nSPS) is 22.6. The van der Waals surface area contributed by atoms with Gasteiger partial charge in [0.1, 0.15) is 5.82 Å². The van der Waals surface area contributed by atoms with Crippen LogP contribution in [0.15, 0.2) is 12.1 Å². The summed E-state index contributed by atoms with van der Waals surface area (Å²) < 4.78 is 14.1. The molecule has 0 saturated heterocycles. The second kappa shape index (κ2) is 5.79. The van der Waals surface area contributed by atoms with Gasteiger partial charge in [-0.15, -0.1) is 0 Å². The van der Waals surface area contributed by atoms with Gasteiger partial charge < -0.3 is 15.7 Å². The molecule has 3 N–H and O–H groups in total. The van der Waals surface area contributed by atoms with Crippen LogP contribution in [0.4, 0.5) is 10.1 Å². The molecular weight excluding hydrogens is 259 g/mol. The van der Waals surface area contributed by atoms with Gasteiger partial charge in [-0.2, -0.15) is 0 Å². The van der Waals surface area contributed by atoms with E-state index in [1.807, 2.05) is 0 Å². The van der Waals surface area contributed by atoms with Gasteiger partial charge in [-0.3, -0.25) is 4.79 Å². The number of likely N-dealkylation sites (N-methyl/N-ethyl adjacent to an activating group) is 1. The molecule has 2 rings (SSSR count). The highest BCUT2D eigenvalue weighted by molar-refractivity contribution is 5.95. The average molecular weight is 280 g/mol. The Morgan fingerprint density at radius 3 is 2.70 bits per heavy atom. The molecule has 1 aliphatic carbocycles. The lowest BCUT2D eigenvalue weighted by atomic mass is 9.91. The minimum atomic E-state index is -0.540. The van der Waals surface area contributed by atoms with Crippen molar-refractivity contribution in [2.24, 2.45) is 0 Å². The standard InChI is InChI=1S/C15H21FN2O2/c1-9-7-10(17)8-11(14(9)16)15(20)18(2)12-5-3-4-6-13(12)19/h7-8,12-13,19H,3-6,17H2,1-2H3. The number of carbonyl (C=O) groups is 1. The molecule has 110 valence electrons. The number of hydrogen-bond acceptors (Lipinski definition) is 3. The summed E-state index contributed by atoms with van der Waals surface area (Å²) >= 11 is 0. The molecule has 1 aromatic carbocycles. The Hall–Kier alpha value is -1.62. The molecule has 0 spiro atoms. The Bertz CT molecular complexity index is 519. The molecule has 20 heavy (non-hydrogen) atoms. The van der Waals surface area contributed by atoms with Crippen molar-refractivity contribution in [1.29, 1.82) is 0 Å². The first kappa shape index (κ1) is 14.8. The van der Waals surface area contributed by atoms with Crippen molar-refractivity contribution in [3.63, 3.8) is 0 Å². The molecule has 1 aliphatic rings. The van der Waals surface area contributed by atoms with E-state index in [9.17, 15) is 14.3 Å². The molecule has 1 aromatic rings. The van der Waals surface area contributed by atoms with Gasteiger partial charge in [-0.1, -0.05) is 12.8 Å². The number of aliphatic hydroxyl groups excluding tert-OH is 1.